The largest absolute Gasteiger partial charge is 0.486 e. The van der Waals surface area contributed by atoms with E-state index in [1.807, 2.05) is 30.9 Å². The number of carbonyl (C=O) groups excluding carboxylic acids is 1. The Kier molecular flexibility index (Phi) is 6.91. The van der Waals surface area contributed by atoms with Crippen LogP contribution in [0.3, 0.4) is 0 Å². The van der Waals surface area contributed by atoms with E-state index in [2.05, 4.69) is 17.3 Å². The molecule has 0 spiro atoms. The minimum absolute atomic E-state index is 0. The quantitative estimate of drug-likeness (QED) is 0.361. The number of benzene rings is 2. The molecule has 1 aromatic heterocycles. The molecule has 44 heavy (non-hydrogen) atoms. The van der Waals surface area contributed by atoms with Gasteiger partial charge < -0.3 is 24.4 Å². The molecule has 9 nitrogen and oxygen atoms in total. The van der Waals surface area contributed by atoms with Crippen LogP contribution in [0.15, 0.2) is 30.3 Å². The van der Waals surface area contributed by atoms with Crippen LogP contribution >= 0.6 is 0 Å². The van der Waals surface area contributed by atoms with Gasteiger partial charge in [0.25, 0.3) is 5.91 Å². The highest BCUT2D eigenvalue weighted by atomic mass is 19.4. The standard InChI is InChI=1S/C32H38F3N5O4.H2/c1-30(6-5-7-30)36-15-19-8-25-26(27(9-19)32(33,34)35)16-40(28(25)41)21-10-20(11-22(12-21)44-24-17-43-18-24)31(13-23(14-31)42-4)29-37-39(3)38(29)2;/h8-12,23-24,36H,5-7,13-18H2,1-4H3;1H. The van der Waals surface area contributed by atoms with E-state index in [4.69, 9.17) is 14.2 Å². The molecule has 1 N–H and O–H groups in total. The van der Waals surface area contributed by atoms with Crippen LogP contribution in [0.2, 0.25) is 0 Å². The molecular weight excluding hydrogens is 575 g/mol. The summed E-state index contributed by atoms with van der Waals surface area (Å²) in [4.78, 5) is 17.1. The van der Waals surface area contributed by atoms with Gasteiger partial charge >= 0.3 is 6.18 Å². The number of alkyl halides is 3. The van der Waals surface area contributed by atoms with Crippen LogP contribution in [-0.2, 0) is 48.2 Å². The lowest BCUT2D eigenvalue weighted by Gasteiger charge is -2.48. The Hall–Kier alpha value is -3.35. The summed E-state index contributed by atoms with van der Waals surface area (Å²) in [6.07, 6.45) is -0.276. The number of halogens is 3. The molecule has 2 saturated carbocycles. The van der Waals surface area contributed by atoms with Crippen LogP contribution in [0.4, 0.5) is 18.9 Å². The lowest BCUT2D eigenvalue weighted by Crippen LogP contribution is -2.51. The van der Waals surface area contributed by atoms with E-state index in [0.29, 0.717) is 43.1 Å². The third kappa shape index (κ3) is 4.82. The topological polar surface area (TPSA) is 82.8 Å². The Bertz CT molecular complexity index is 1600. The van der Waals surface area contributed by atoms with Crippen LogP contribution in [0.5, 0.6) is 5.75 Å². The number of fused-ring (bicyclic) bond motifs is 1. The second kappa shape index (κ2) is 10.3. The van der Waals surface area contributed by atoms with Gasteiger partial charge in [0.1, 0.15) is 11.9 Å². The molecule has 3 heterocycles. The maximum atomic E-state index is 14.4. The van der Waals surface area contributed by atoms with Crippen LogP contribution < -0.4 is 15.0 Å². The Labute approximate surface area is 255 Å². The number of carbonyl (C=O) groups is 1. The third-order valence-corrected chi connectivity index (χ3v) is 10.1. The molecule has 2 aliphatic heterocycles. The van der Waals surface area contributed by atoms with E-state index in [1.165, 1.54) is 11.0 Å². The SMILES string of the molecule is COC1CC(c2cc(OC3COC3)cc(N3Cc4c(cc(CNC5(C)CCC5)cc4C(F)(F)F)C3=O)c2)(c2nn(C)n2C)C1.[HH]. The highest BCUT2D eigenvalue weighted by Crippen LogP contribution is 2.52. The van der Waals surface area contributed by atoms with E-state index in [0.717, 1.165) is 30.7 Å². The summed E-state index contributed by atoms with van der Waals surface area (Å²) in [5, 5.41) is 8.08. The summed E-state index contributed by atoms with van der Waals surface area (Å²) >= 11 is 0. The number of hydrogen-bond donors (Lipinski definition) is 1. The van der Waals surface area contributed by atoms with Crippen LogP contribution in [0.1, 0.15) is 78.9 Å². The second-order valence-electron chi connectivity index (χ2n) is 13.1. The number of methoxy groups -OCH3 is 1. The maximum Gasteiger partial charge on any atom is 0.416 e. The Balaban J connectivity index is 0.00000357. The summed E-state index contributed by atoms with van der Waals surface area (Å²) in [6.45, 7) is 3.08. The first-order chi connectivity index (χ1) is 20.9. The number of hydrogen-bond acceptors (Lipinski definition) is 6. The predicted molar refractivity (Wildman–Crippen MR) is 158 cm³/mol. The van der Waals surface area contributed by atoms with Gasteiger partial charge in [0.05, 0.1) is 36.8 Å². The molecule has 1 saturated heterocycles. The molecule has 0 unspecified atom stereocenters. The average molecular weight is 616 g/mol. The van der Waals surface area contributed by atoms with Gasteiger partial charge in [0, 0.05) is 52.0 Å². The average Bonchev–Trinajstić information content (AvgIpc) is 3.26. The first-order valence-corrected chi connectivity index (χ1v) is 15.2. The predicted octanol–water partition coefficient (Wildman–Crippen LogP) is 5.09. The number of aryl methyl sites for hydroxylation is 1. The van der Waals surface area contributed by atoms with E-state index in [-0.39, 0.29) is 43.4 Å². The third-order valence-electron chi connectivity index (χ3n) is 10.1. The zero-order valence-corrected chi connectivity index (χ0v) is 25.5. The van der Waals surface area contributed by atoms with Crippen LogP contribution in [0.25, 0.3) is 0 Å². The molecule has 7 rings (SSSR count). The second-order valence-corrected chi connectivity index (χ2v) is 13.1. The molecule has 3 aromatic rings. The van der Waals surface area contributed by atoms with Crippen molar-refractivity contribution in [1.82, 2.24) is 19.9 Å². The lowest BCUT2D eigenvalue weighted by molar-refractivity contribution is -0.138. The number of nitrogens with zero attached hydrogens (tertiary/aromatic N) is 4. The van der Waals surface area contributed by atoms with Crippen molar-refractivity contribution in [2.24, 2.45) is 14.1 Å². The van der Waals surface area contributed by atoms with Crippen molar-refractivity contribution < 1.29 is 33.6 Å². The fourth-order valence-corrected chi connectivity index (χ4v) is 6.99. The van der Waals surface area contributed by atoms with Gasteiger partial charge in [-0.1, -0.05) is 0 Å². The van der Waals surface area contributed by atoms with E-state index in [1.54, 1.807) is 24.0 Å². The number of ether oxygens (including phenoxy) is 3. The van der Waals surface area contributed by atoms with E-state index < -0.39 is 23.1 Å². The monoisotopic (exact) mass is 615 g/mol. The normalized spacial score (nSPS) is 24.6. The van der Waals surface area contributed by atoms with Crippen molar-refractivity contribution in [1.29, 1.82) is 0 Å². The number of nitrogens with one attached hydrogen (secondary N) is 1. The van der Waals surface area contributed by atoms with Gasteiger partial charge in [0.2, 0.25) is 0 Å². The van der Waals surface area contributed by atoms with Crippen molar-refractivity contribution in [3.63, 3.8) is 0 Å². The molecule has 0 bridgehead atoms. The minimum Gasteiger partial charge on any atom is -0.486 e. The van der Waals surface area contributed by atoms with Gasteiger partial charge in [-0.2, -0.15) is 13.2 Å². The fourth-order valence-electron chi connectivity index (χ4n) is 6.99. The van der Waals surface area contributed by atoms with E-state index in [9.17, 15) is 18.0 Å². The Morgan fingerprint density at radius 2 is 1.86 bits per heavy atom. The van der Waals surface area contributed by atoms with Gasteiger partial charge in [-0.3, -0.25) is 9.48 Å². The zero-order chi connectivity index (χ0) is 31.0. The summed E-state index contributed by atoms with van der Waals surface area (Å²) in [5.74, 6) is 0.962. The van der Waals surface area contributed by atoms with Crippen LogP contribution in [-0.4, -0.2) is 58.6 Å². The van der Waals surface area contributed by atoms with Gasteiger partial charge in [0.15, 0.2) is 5.82 Å². The van der Waals surface area contributed by atoms with E-state index >= 15 is 0 Å². The smallest absolute Gasteiger partial charge is 0.416 e. The Morgan fingerprint density at radius 1 is 1.11 bits per heavy atom. The van der Waals surface area contributed by atoms with Crippen molar-refractivity contribution >= 4 is 11.6 Å². The molecule has 4 aliphatic rings. The number of anilines is 1. The molecule has 0 radical (unpaired) electrons. The van der Waals surface area contributed by atoms with Crippen molar-refractivity contribution in [2.75, 3.05) is 25.2 Å². The summed E-state index contributed by atoms with van der Waals surface area (Å²) in [6, 6.07) is 8.43. The van der Waals surface area contributed by atoms with Crippen molar-refractivity contribution in [3.8, 4) is 5.75 Å². The maximum absolute atomic E-state index is 14.4. The molecule has 3 fully saturated rings. The van der Waals surface area contributed by atoms with Gasteiger partial charge in [-0.15, -0.1) is 5.10 Å². The molecule has 2 aromatic carbocycles. The fraction of sp³-hybridized carbons (Fsp3) is 0.562. The summed E-state index contributed by atoms with van der Waals surface area (Å²) < 4.78 is 62.4. The number of aromatic nitrogens is 3. The molecule has 1 amide bonds. The first-order valence-electron chi connectivity index (χ1n) is 15.2. The van der Waals surface area contributed by atoms with Gasteiger partial charge in [-0.05, 0) is 80.0 Å². The zero-order valence-electron chi connectivity index (χ0n) is 25.5. The molecule has 2 aliphatic carbocycles. The summed E-state index contributed by atoms with van der Waals surface area (Å²) in [5.41, 5.74) is 0.601. The number of rotatable bonds is 9. The molecular formula is C32H40F3N5O4. The Morgan fingerprint density at radius 3 is 2.43 bits per heavy atom. The van der Waals surface area contributed by atoms with Crippen LogP contribution in [0, 0.1) is 0 Å². The minimum atomic E-state index is -4.60. The number of amides is 1. The highest BCUT2D eigenvalue weighted by molar-refractivity contribution is 6.10. The molecule has 0 atom stereocenters. The van der Waals surface area contributed by atoms with Gasteiger partial charge in [-0.25, -0.2) is 4.80 Å². The highest BCUT2D eigenvalue weighted by Gasteiger charge is 2.52. The van der Waals surface area contributed by atoms with Crippen molar-refractivity contribution in [2.45, 2.75) is 81.5 Å². The lowest BCUT2D eigenvalue weighted by atomic mass is 9.61. The summed E-state index contributed by atoms with van der Waals surface area (Å²) in [7, 11) is 5.48. The molecule has 12 heteroatoms. The first kappa shape index (κ1) is 29.4. The molecule has 238 valence electrons. The van der Waals surface area contributed by atoms with Crippen molar-refractivity contribution in [3.05, 3.63) is 64.0 Å².